The highest BCUT2D eigenvalue weighted by molar-refractivity contribution is 5.92. The molecule has 2 N–H and O–H groups in total. The number of methoxy groups -OCH3 is 2. The SMILES string of the molecule is COc1ccnc(C(=O)N[C@H]2CNC[C@@H]2OC)c1.Cl. The van der Waals surface area contributed by atoms with Gasteiger partial charge in [-0.15, -0.1) is 12.4 Å². The van der Waals surface area contributed by atoms with E-state index >= 15 is 0 Å². The molecule has 0 aliphatic carbocycles. The minimum absolute atomic E-state index is 0. The Hall–Kier alpha value is -1.37. The van der Waals surface area contributed by atoms with Gasteiger partial charge < -0.3 is 20.1 Å². The van der Waals surface area contributed by atoms with E-state index in [1.807, 2.05) is 0 Å². The number of pyridine rings is 1. The number of rotatable bonds is 4. The van der Waals surface area contributed by atoms with Gasteiger partial charge in [-0.1, -0.05) is 0 Å². The fourth-order valence-electron chi connectivity index (χ4n) is 1.95. The number of nitrogens with one attached hydrogen (secondary N) is 2. The van der Waals surface area contributed by atoms with Crippen LogP contribution in [0.15, 0.2) is 18.3 Å². The molecule has 0 spiro atoms. The molecule has 2 heterocycles. The first-order valence-electron chi connectivity index (χ1n) is 5.79. The molecular weight excluding hydrogens is 270 g/mol. The van der Waals surface area contributed by atoms with Gasteiger partial charge in [0.05, 0.1) is 19.3 Å². The van der Waals surface area contributed by atoms with Gasteiger partial charge in [0.15, 0.2) is 0 Å². The van der Waals surface area contributed by atoms with Crippen molar-refractivity contribution in [3.05, 3.63) is 24.0 Å². The van der Waals surface area contributed by atoms with Gasteiger partial charge in [0, 0.05) is 32.5 Å². The number of carbonyl (C=O) groups is 1. The topological polar surface area (TPSA) is 72.5 Å². The van der Waals surface area contributed by atoms with E-state index in [1.54, 1.807) is 32.5 Å². The molecule has 0 saturated carbocycles. The molecule has 1 aromatic rings. The zero-order valence-electron chi connectivity index (χ0n) is 10.9. The normalized spacial score (nSPS) is 21.6. The van der Waals surface area contributed by atoms with Crippen LogP contribution in [0.2, 0.25) is 0 Å². The number of ether oxygens (including phenoxy) is 2. The first-order valence-corrected chi connectivity index (χ1v) is 5.79. The molecule has 1 fully saturated rings. The second-order valence-corrected chi connectivity index (χ2v) is 4.09. The number of halogens is 1. The summed E-state index contributed by atoms with van der Waals surface area (Å²) in [5.74, 6) is 0.396. The maximum atomic E-state index is 12.0. The van der Waals surface area contributed by atoms with E-state index in [2.05, 4.69) is 15.6 Å². The highest BCUT2D eigenvalue weighted by Crippen LogP contribution is 2.11. The van der Waals surface area contributed by atoms with E-state index in [1.165, 1.54) is 0 Å². The summed E-state index contributed by atoms with van der Waals surface area (Å²) in [4.78, 5) is 16.0. The molecule has 19 heavy (non-hydrogen) atoms. The van der Waals surface area contributed by atoms with Crippen LogP contribution in [0.5, 0.6) is 5.75 Å². The lowest BCUT2D eigenvalue weighted by Crippen LogP contribution is -2.43. The molecule has 6 nitrogen and oxygen atoms in total. The lowest BCUT2D eigenvalue weighted by molar-refractivity contribution is 0.0776. The molecule has 2 atom stereocenters. The van der Waals surface area contributed by atoms with Crippen LogP contribution in [0.4, 0.5) is 0 Å². The van der Waals surface area contributed by atoms with Crippen LogP contribution < -0.4 is 15.4 Å². The van der Waals surface area contributed by atoms with Crippen molar-refractivity contribution in [2.45, 2.75) is 12.1 Å². The van der Waals surface area contributed by atoms with Gasteiger partial charge in [0.25, 0.3) is 5.91 Å². The Balaban J connectivity index is 0.00000180. The third-order valence-corrected chi connectivity index (χ3v) is 2.98. The first-order chi connectivity index (χ1) is 8.74. The molecule has 1 aliphatic rings. The van der Waals surface area contributed by atoms with Crippen molar-refractivity contribution in [1.29, 1.82) is 0 Å². The van der Waals surface area contributed by atoms with E-state index in [-0.39, 0.29) is 30.5 Å². The summed E-state index contributed by atoms with van der Waals surface area (Å²) in [7, 11) is 3.19. The largest absolute Gasteiger partial charge is 0.497 e. The van der Waals surface area contributed by atoms with Crippen LogP contribution in [-0.4, -0.2) is 50.3 Å². The number of carbonyl (C=O) groups excluding carboxylic acids is 1. The zero-order valence-corrected chi connectivity index (χ0v) is 11.7. The highest BCUT2D eigenvalue weighted by atomic mass is 35.5. The summed E-state index contributed by atoms with van der Waals surface area (Å²) in [5.41, 5.74) is 0.344. The zero-order chi connectivity index (χ0) is 13.0. The smallest absolute Gasteiger partial charge is 0.270 e. The Morgan fingerprint density at radius 1 is 1.47 bits per heavy atom. The molecule has 106 valence electrons. The van der Waals surface area contributed by atoms with Crippen LogP contribution in [0.25, 0.3) is 0 Å². The maximum absolute atomic E-state index is 12.0. The summed E-state index contributed by atoms with van der Waals surface area (Å²) in [6.07, 6.45) is 1.55. The molecular formula is C12H18ClN3O3. The van der Waals surface area contributed by atoms with Gasteiger partial charge in [0.2, 0.25) is 0 Å². The van der Waals surface area contributed by atoms with Crippen molar-refractivity contribution in [2.24, 2.45) is 0 Å². The lowest BCUT2D eigenvalue weighted by Gasteiger charge is -2.18. The van der Waals surface area contributed by atoms with Crippen molar-refractivity contribution in [1.82, 2.24) is 15.6 Å². The number of nitrogens with zero attached hydrogens (tertiary/aromatic N) is 1. The average Bonchev–Trinajstić information content (AvgIpc) is 2.86. The van der Waals surface area contributed by atoms with Crippen LogP contribution >= 0.6 is 12.4 Å². The predicted octanol–water partition coefficient (Wildman–Crippen LogP) is 0.229. The maximum Gasteiger partial charge on any atom is 0.270 e. The Bertz CT molecular complexity index is 430. The molecule has 2 rings (SSSR count). The standard InChI is InChI=1S/C12H17N3O3.ClH/c1-17-8-3-4-14-9(5-8)12(16)15-10-6-13-7-11(10)18-2;/h3-5,10-11,13H,6-7H2,1-2H3,(H,15,16);1H/t10-,11-;/m0./s1. The summed E-state index contributed by atoms with van der Waals surface area (Å²) < 4.78 is 10.3. The van der Waals surface area contributed by atoms with Gasteiger partial charge in [0.1, 0.15) is 11.4 Å². The van der Waals surface area contributed by atoms with Crippen molar-refractivity contribution < 1.29 is 14.3 Å². The van der Waals surface area contributed by atoms with E-state index in [0.29, 0.717) is 18.0 Å². The number of aromatic nitrogens is 1. The van der Waals surface area contributed by atoms with Crippen molar-refractivity contribution in [2.75, 3.05) is 27.3 Å². The fourth-order valence-corrected chi connectivity index (χ4v) is 1.95. The Kier molecular flexibility index (Phi) is 6.01. The van der Waals surface area contributed by atoms with E-state index in [9.17, 15) is 4.79 Å². The lowest BCUT2D eigenvalue weighted by atomic mass is 10.2. The second-order valence-electron chi connectivity index (χ2n) is 4.09. The number of hydrogen-bond donors (Lipinski definition) is 2. The Labute approximate surface area is 118 Å². The summed E-state index contributed by atoms with van der Waals surface area (Å²) in [6, 6.07) is 3.28. The van der Waals surface area contributed by atoms with Gasteiger partial charge in [-0.05, 0) is 6.07 Å². The Morgan fingerprint density at radius 3 is 2.95 bits per heavy atom. The van der Waals surface area contributed by atoms with Crippen molar-refractivity contribution in [3.63, 3.8) is 0 Å². The summed E-state index contributed by atoms with van der Waals surface area (Å²) in [5, 5.41) is 6.07. The van der Waals surface area contributed by atoms with Crippen LogP contribution in [0, 0.1) is 0 Å². The van der Waals surface area contributed by atoms with Crippen LogP contribution in [0.3, 0.4) is 0 Å². The van der Waals surface area contributed by atoms with Crippen molar-refractivity contribution >= 4 is 18.3 Å². The molecule has 0 unspecified atom stereocenters. The van der Waals surface area contributed by atoms with Gasteiger partial charge in [-0.25, -0.2) is 0 Å². The van der Waals surface area contributed by atoms with Gasteiger partial charge >= 0.3 is 0 Å². The minimum Gasteiger partial charge on any atom is -0.497 e. The summed E-state index contributed by atoms with van der Waals surface area (Å²) in [6.45, 7) is 1.45. The first kappa shape index (κ1) is 15.7. The van der Waals surface area contributed by atoms with Gasteiger partial charge in [-0.2, -0.15) is 0 Å². The van der Waals surface area contributed by atoms with Crippen LogP contribution in [-0.2, 0) is 4.74 Å². The third kappa shape index (κ3) is 3.79. The van der Waals surface area contributed by atoms with Gasteiger partial charge in [-0.3, -0.25) is 9.78 Å². The highest BCUT2D eigenvalue weighted by Gasteiger charge is 2.28. The minimum atomic E-state index is -0.218. The van der Waals surface area contributed by atoms with E-state index in [0.717, 1.165) is 6.54 Å². The molecule has 1 aliphatic heterocycles. The molecule has 1 aromatic heterocycles. The molecule has 0 radical (unpaired) electrons. The molecule has 0 aromatic carbocycles. The van der Waals surface area contributed by atoms with E-state index in [4.69, 9.17) is 9.47 Å². The molecule has 0 bridgehead atoms. The monoisotopic (exact) mass is 287 g/mol. The molecule has 1 saturated heterocycles. The second kappa shape index (κ2) is 7.28. The third-order valence-electron chi connectivity index (χ3n) is 2.98. The molecule has 7 heteroatoms. The predicted molar refractivity (Wildman–Crippen MR) is 73.0 cm³/mol. The number of hydrogen-bond acceptors (Lipinski definition) is 5. The average molecular weight is 288 g/mol. The van der Waals surface area contributed by atoms with E-state index < -0.39 is 0 Å². The van der Waals surface area contributed by atoms with Crippen molar-refractivity contribution in [3.8, 4) is 5.75 Å². The fraction of sp³-hybridized carbons (Fsp3) is 0.500. The Morgan fingerprint density at radius 2 is 2.26 bits per heavy atom. The van der Waals surface area contributed by atoms with Crippen LogP contribution in [0.1, 0.15) is 10.5 Å². The number of amides is 1. The summed E-state index contributed by atoms with van der Waals surface area (Å²) >= 11 is 0. The quantitative estimate of drug-likeness (QED) is 0.829. The molecule has 1 amide bonds.